The van der Waals surface area contributed by atoms with Crippen LogP contribution < -0.4 is 18.6 Å². The fraction of sp³-hybridized carbons (Fsp3) is 1.00. The van der Waals surface area contributed by atoms with Gasteiger partial charge in [-0.2, -0.15) is 0 Å². The molecule has 0 aliphatic rings. The lowest BCUT2D eigenvalue weighted by molar-refractivity contribution is -0.890. The molecule has 27 heavy (non-hydrogen) atoms. The summed E-state index contributed by atoms with van der Waals surface area (Å²) in [7, 11) is 4.77. The monoisotopic (exact) mass is 428 g/mol. The Hall–Kier alpha value is 0.500. The Bertz CT molecular complexity index is 249. The molecule has 170 valence electrons. The Balaban J connectivity index is -0.000000882. The van der Waals surface area contributed by atoms with Crippen LogP contribution in [0.15, 0.2) is 0 Å². The van der Waals surface area contributed by atoms with E-state index in [2.05, 4.69) is 27.9 Å². The Kier molecular flexibility index (Phi) is 34.3. The molecule has 0 saturated carbocycles. The summed E-state index contributed by atoms with van der Waals surface area (Å²) in [4.78, 5) is 0. The van der Waals surface area contributed by atoms with E-state index >= 15 is 0 Å². The third-order valence-corrected chi connectivity index (χ3v) is 5.45. The first kappa shape index (κ1) is 35.0. The van der Waals surface area contributed by atoms with E-state index in [0.29, 0.717) is 0 Å². The van der Waals surface area contributed by atoms with E-state index in [1.807, 2.05) is 0 Å². The molecule has 0 aromatic rings. The topological polar surface area (TPSA) is 35.0 Å². The smallest absolute Gasteiger partial charge is 0.0782 e. The average molecular weight is 430 g/mol. The summed E-state index contributed by atoms with van der Waals surface area (Å²) in [5.74, 6) is 0. The zero-order valence-corrected chi connectivity index (χ0v) is 20.9. The zero-order chi connectivity index (χ0) is 17.9. The normalized spacial score (nSPS) is 10.7. The van der Waals surface area contributed by atoms with Gasteiger partial charge in [0.25, 0.3) is 0 Å². The van der Waals surface area contributed by atoms with Crippen LogP contribution in [-0.4, -0.2) is 31.7 Å². The molecule has 0 aromatic carbocycles. The molecule has 0 aliphatic heterocycles. The Morgan fingerprint density at radius 2 is 0.741 bits per heavy atom. The highest BCUT2D eigenvalue weighted by molar-refractivity contribution is 5.85. The Morgan fingerprint density at radius 1 is 0.444 bits per heavy atom. The number of hydrogen-bond donors (Lipinski definition) is 1. The number of quaternary nitrogens is 1. The summed E-state index contributed by atoms with van der Waals surface area (Å²) in [6.45, 7) is 7.30. The van der Waals surface area contributed by atoms with Gasteiger partial charge in [-0.1, -0.05) is 104 Å². The van der Waals surface area contributed by atoms with Gasteiger partial charge >= 0.3 is 0 Å². The first-order valence-electron chi connectivity index (χ1n) is 11.4. The standard InChI is InChI=1S/C23H50N.2ClH.H3N/c1-5-7-8-9-10-11-12-13-14-15-16-17-18-19-20-21-23-24(3,4)22-6-2;;;/h5-23H2,1-4H3;2*1H;1H3/q+1;;;/p-1. The van der Waals surface area contributed by atoms with E-state index in [1.165, 1.54) is 127 Å². The predicted molar refractivity (Wildman–Crippen MR) is 124 cm³/mol. The molecule has 2 nitrogen and oxygen atoms in total. The van der Waals surface area contributed by atoms with Gasteiger partial charge in [0.1, 0.15) is 0 Å². The SMILES string of the molecule is CCCCCCCCCCCCCCCCCC[N+](C)(C)CCC.Cl.N.[Cl-]. The van der Waals surface area contributed by atoms with Crippen molar-refractivity contribution in [3.8, 4) is 0 Å². The molecule has 0 atom stereocenters. The Morgan fingerprint density at radius 3 is 1.04 bits per heavy atom. The second-order valence-electron chi connectivity index (χ2n) is 8.69. The average Bonchev–Trinajstić information content (AvgIpc) is 2.54. The van der Waals surface area contributed by atoms with Gasteiger partial charge in [0.05, 0.1) is 27.2 Å². The van der Waals surface area contributed by atoms with Crippen LogP contribution in [0.25, 0.3) is 0 Å². The predicted octanol–water partition coefficient (Wildman–Crippen LogP) is 5.32. The summed E-state index contributed by atoms with van der Waals surface area (Å²) in [5.41, 5.74) is 0. The van der Waals surface area contributed by atoms with E-state index in [-0.39, 0.29) is 31.0 Å². The van der Waals surface area contributed by atoms with Gasteiger partial charge in [-0.15, -0.1) is 12.4 Å². The van der Waals surface area contributed by atoms with Crippen LogP contribution in [0.4, 0.5) is 0 Å². The summed E-state index contributed by atoms with van der Waals surface area (Å²) in [5, 5.41) is 0. The maximum absolute atomic E-state index is 2.38. The van der Waals surface area contributed by atoms with Gasteiger partial charge in [-0.3, -0.25) is 0 Å². The summed E-state index contributed by atoms with van der Waals surface area (Å²) < 4.78 is 1.22. The van der Waals surface area contributed by atoms with Gasteiger partial charge < -0.3 is 23.0 Å². The van der Waals surface area contributed by atoms with Crippen LogP contribution in [0, 0.1) is 0 Å². The lowest BCUT2D eigenvalue weighted by atomic mass is 10.0. The number of halogens is 2. The molecule has 3 N–H and O–H groups in total. The maximum Gasteiger partial charge on any atom is 0.0782 e. The number of nitrogens with zero attached hydrogens (tertiary/aromatic N) is 1. The molecular formula is C23H54Cl2N2. The first-order valence-corrected chi connectivity index (χ1v) is 11.4. The lowest BCUT2D eigenvalue weighted by Gasteiger charge is -2.29. The quantitative estimate of drug-likeness (QED) is 0.219. The fourth-order valence-electron chi connectivity index (χ4n) is 3.81. The van der Waals surface area contributed by atoms with Gasteiger partial charge in [-0.25, -0.2) is 0 Å². The molecule has 0 aromatic heterocycles. The summed E-state index contributed by atoms with van der Waals surface area (Å²) in [6.07, 6.45) is 24.7. The minimum atomic E-state index is 0. The highest BCUT2D eigenvalue weighted by Crippen LogP contribution is 2.14. The minimum Gasteiger partial charge on any atom is -1.00 e. The van der Waals surface area contributed by atoms with E-state index in [9.17, 15) is 0 Å². The van der Waals surface area contributed by atoms with Crippen LogP contribution in [0.2, 0.25) is 0 Å². The number of unbranched alkanes of at least 4 members (excludes halogenated alkanes) is 15. The van der Waals surface area contributed by atoms with Crippen LogP contribution in [-0.2, 0) is 0 Å². The molecule has 0 unspecified atom stereocenters. The second kappa shape index (κ2) is 26.5. The van der Waals surface area contributed by atoms with E-state index < -0.39 is 0 Å². The molecular weight excluding hydrogens is 375 g/mol. The Labute approximate surface area is 185 Å². The minimum absolute atomic E-state index is 0. The number of hydrogen-bond acceptors (Lipinski definition) is 1. The van der Waals surface area contributed by atoms with Crippen molar-refractivity contribution < 1.29 is 16.9 Å². The largest absolute Gasteiger partial charge is 1.00 e. The third kappa shape index (κ3) is 28.8. The van der Waals surface area contributed by atoms with Crippen molar-refractivity contribution in [2.45, 2.75) is 123 Å². The van der Waals surface area contributed by atoms with Crippen LogP contribution in [0.1, 0.15) is 123 Å². The summed E-state index contributed by atoms with van der Waals surface area (Å²) in [6, 6.07) is 0. The van der Waals surface area contributed by atoms with Gasteiger partial charge in [-0.05, 0) is 19.3 Å². The van der Waals surface area contributed by atoms with Crippen molar-refractivity contribution in [1.82, 2.24) is 6.15 Å². The molecule has 0 fully saturated rings. The van der Waals surface area contributed by atoms with Crippen molar-refractivity contribution in [3.63, 3.8) is 0 Å². The van der Waals surface area contributed by atoms with Gasteiger partial charge in [0.15, 0.2) is 0 Å². The molecule has 0 aliphatic carbocycles. The zero-order valence-electron chi connectivity index (χ0n) is 19.4. The molecule has 4 heteroatoms. The van der Waals surface area contributed by atoms with Crippen LogP contribution in [0.3, 0.4) is 0 Å². The molecule has 0 heterocycles. The van der Waals surface area contributed by atoms with Crippen molar-refractivity contribution in [2.75, 3.05) is 27.2 Å². The maximum atomic E-state index is 2.38. The molecule has 0 radical (unpaired) electrons. The van der Waals surface area contributed by atoms with Crippen molar-refractivity contribution >= 4 is 12.4 Å². The lowest BCUT2D eigenvalue weighted by Crippen LogP contribution is -3.00. The van der Waals surface area contributed by atoms with Crippen molar-refractivity contribution in [2.24, 2.45) is 0 Å². The van der Waals surface area contributed by atoms with Gasteiger partial charge in [0.2, 0.25) is 0 Å². The fourth-order valence-corrected chi connectivity index (χ4v) is 3.81. The molecule has 0 spiro atoms. The van der Waals surface area contributed by atoms with E-state index in [1.54, 1.807) is 0 Å². The van der Waals surface area contributed by atoms with Crippen molar-refractivity contribution in [3.05, 3.63) is 0 Å². The van der Waals surface area contributed by atoms with Crippen LogP contribution in [0.5, 0.6) is 0 Å². The van der Waals surface area contributed by atoms with E-state index in [4.69, 9.17) is 0 Å². The molecule has 0 saturated heterocycles. The second-order valence-corrected chi connectivity index (χ2v) is 8.69. The first-order chi connectivity index (χ1) is 11.6. The highest BCUT2D eigenvalue weighted by atomic mass is 35.5. The molecule has 0 rings (SSSR count). The van der Waals surface area contributed by atoms with Crippen LogP contribution >= 0.6 is 12.4 Å². The molecule has 0 amide bonds. The molecule has 0 bridgehead atoms. The number of rotatable bonds is 19. The highest BCUT2D eigenvalue weighted by Gasteiger charge is 2.11. The van der Waals surface area contributed by atoms with Crippen molar-refractivity contribution in [1.29, 1.82) is 0 Å². The van der Waals surface area contributed by atoms with Gasteiger partial charge in [0, 0.05) is 0 Å². The summed E-state index contributed by atoms with van der Waals surface area (Å²) >= 11 is 0. The third-order valence-electron chi connectivity index (χ3n) is 5.45. The van der Waals surface area contributed by atoms with E-state index in [0.717, 1.165) is 0 Å².